The van der Waals surface area contributed by atoms with E-state index in [1.807, 2.05) is 32.0 Å². The van der Waals surface area contributed by atoms with E-state index < -0.39 is 0 Å². The summed E-state index contributed by atoms with van der Waals surface area (Å²) in [4.78, 5) is 11.6. The zero-order valence-corrected chi connectivity index (χ0v) is 9.14. The van der Waals surface area contributed by atoms with Gasteiger partial charge in [-0.2, -0.15) is 0 Å². The van der Waals surface area contributed by atoms with Gasteiger partial charge in [0, 0.05) is 17.5 Å². The van der Waals surface area contributed by atoms with Crippen LogP contribution in [0.4, 0.5) is 0 Å². The van der Waals surface area contributed by atoms with E-state index in [1.165, 1.54) is 0 Å². The van der Waals surface area contributed by atoms with Crippen molar-refractivity contribution in [1.82, 2.24) is 5.32 Å². The Kier molecular flexibility index (Phi) is 3.96. The molecule has 0 bridgehead atoms. The van der Waals surface area contributed by atoms with E-state index in [0.29, 0.717) is 11.4 Å². The molecule has 0 aliphatic rings. The van der Waals surface area contributed by atoms with Crippen LogP contribution in [0.5, 0.6) is 0 Å². The first-order valence-corrected chi connectivity index (χ1v) is 5.10. The number of alkyl halides is 1. The lowest BCUT2D eigenvalue weighted by Gasteiger charge is -2.10. The van der Waals surface area contributed by atoms with Crippen molar-refractivity contribution < 1.29 is 4.79 Å². The summed E-state index contributed by atoms with van der Waals surface area (Å²) in [6.45, 7) is 3.84. The molecule has 0 saturated heterocycles. The Morgan fingerprint density at radius 1 is 1.57 bits per heavy atom. The van der Waals surface area contributed by atoms with Crippen molar-refractivity contribution in [2.24, 2.45) is 0 Å². The minimum Gasteiger partial charge on any atom is -0.348 e. The van der Waals surface area contributed by atoms with Gasteiger partial charge in [0.1, 0.15) is 0 Å². The van der Waals surface area contributed by atoms with Crippen LogP contribution in [0.2, 0.25) is 0 Å². The number of halogens is 1. The fraction of sp³-hybridized carbons (Fsp3) is 0.364. The van der Waals surface area contributed by atoms with Gasteiger partial charge in [0.2, 0.25) is 0 Å². The third kappa shape index (κ3) is 3.04. The number of hydrogen-bond acceptors (Lipinski definition) is 1. The van der Waals surface area contributed by atoms with Crippen LogP contribution in [0.1, 0.15) is 22.8 Å². The van der Waals surface area contributed by atoms with Crippen molar-refractivity contribution in [2.45, 2.75) is 19.9 Å². The normalized spacial score (nSPS) is 12.2. The topological polar surface area (TPSA) is 29.1 Å². The average Bonchev–Trinajstić information content (AvgIpc) is 2.17. The number of aryl methyl sites for hydroxylation is 1. The molecule has 1 unspecified atom stereocenters. The highest BCUT2D eigenvalue weighted by atomic mass is 35.5. The number of rotatable bonds is 3. The fourth-order valence-electron chi connectivity index (χ4n) is 1.13. The number of carbonyl (C=O) groups is 1. The molecule has 2 nitrogen and oxygen atoms in total. The monoisotopic (exact) mass is 211 g/mol. The highest BCUT2D eigenvalue weighted by molar-refractivity contribution is 6.18. The van der Waals surface area contributed by atoms with Crippen LogP contribution < -0.4 is 5.32 Å². The Morgan fingerprint density at radius 2 is 2.29 bits per heavy atom. The zero-order chi connectivity index (χ0) is 10.6. The van der Waals surface area contributed by atoms with Crippen molar-refractivity contribution in [3.63, 3.8) is 0 Å². The van der Waals surface area contributed by atoms with Crippen LogP contribution in [0.25, 0.3) is 0 Å². The summed E-state index contributed by atoms with van der Waals surface area (Å²) < 4.78 is 0. The van der Waals surface area contributed by atoms with Gasteiger partial charge in [-0.3, -0.25) is 4.79 Å². The van der Waals surface area contributed by atoms with Gasteiger partial charge in [-0.15, -0.1) is 11.6 Å². The molecule has 14 heavy (non-hydrogen) atoms. The Labute approximate surface area is 89.3 Å². The van der Waals surface area contributed by atoms with Gasteiger partial charge in [0.15, 0.2) is 0 Å². The van der Waals surface area contributed by atoms with Gasteiger partial charge in [-0.05, 0) is 26.0 Å². The molecule has 1 aromatic rings. The Morgan fingerprint density at radius 3 is 2.86 bits per heavy atom. The second-order valence-electron chi connectivity index (χ2n) is 3.40. The van der Waals surface area contributed by atoms with E-state index in [4.69, 9.17) is 11.6 Å². The molecule has 0 fully saturated rings. The van der Waals surface area contributed by atoms with E-state index in [2.05, 4.69) is 5.32 Å². The van der Waals surface area contributed by atoms with Gasteiger partial charge in [0.05, 0.1) is 0 Å². The lowest BCUT2D eigenvalue weighted by atomic mass is 10.1. The minimum absolute atomic E-state index is 0.00433. The molecule has 1 rings (SSSR count). The third-order valence-corrected chi connectivity index (χ3v) is 2.35. The summed E-state index contributed by atoms with van der Waals surface area (Å²) in [6, 6.07) is 7.49. The molecule has 1 atom stereocenters. The first kappa shape index (κ1) is 11.1. The van der Waals surface area contributed by atoms with E-state index in [-0.39, 0.29) is 11.9 Å². The fourth-order valence-corrected chi connectivity index (χ4v) is 1.21. The van der Waals surface area contributed by atoms with Crippen LogP contribution >= 0.6 is 11.6 Å². The molecular formula is C11H14ClNO. The number of amides is 1. The van der Waals surface area contributed by atoms with E-state index in [1.54, 1.807) is 6.07 Å². The summed E-state index contributed by atoms with van der Waals surface area (Å²) in [5.41, 5.74) is 1.76. The van der Waals surface area contributed by atoms with Crippen LogP contribution in [0.3, 0.4) is 0 Å². The lowest BCUT2D eigenvalue weighted by Crippen LogP contribution is -2.33. The van der Waals surface area contributed by atoms with Crippen molar-refractivity contribution in [1.29, 1.82) is 0 Å². The van der Waals surface area contributed by atoms with Crippen molar-refractivity contribution in [3.8, 4) is 0 Å². The summed E-state index contributed by atoms with van der Waals surface area (Å²) in [5.74, 6) is 0.360. The molecule has 0 aliphatic heterocycles. The van der Waals surface area contributed by atoms with Gasteiger partial charge in [-0.1, -0.05) is 17.7 Å². The van der Waals surface area contributed by atoms with Gasteiger partial charge in [0.25, 0.3) is 5.91 Å². The summed E-state index contributed by atoms with van der Waals surface area (Å²) in [5, 5.41) is 2.80. The summed E-state index contributed by atoms with van der Waals surface area (Å²) in [7, 11) is 0. The Balaban J connectivity index is 2.70. The van der Waals surface area contributed by atoms with Crippen LogP contribution in [0, 0.1) is 6.92 Å². The smallest absolute Gasteiger partial charge is 0.251 e. The molecule has 0 spiro atoms. The zero-order valence-electron chi connectivity index (χ0n) is 8.38. The predicted octanol–water partition coefficient (Wildman–Crippen LogP) is 2.35. The second kappa shape index (κ2) is 5.01. The number of benzene rings is 1. The largest absolute Gasteiger partial charge is 0.348 e. The van der Waals surface area contributed by atoms with Crippen molar-refractivity contribution in [2.75, 3.05) is 5.88 Å². The second-order valence-corrected chi connectivity index (χ2v) is 3.71. The number of hydrogen-bond donors (Lipinski definition) is 1. The SMILES string of the molecule is Cc1cccc(C(=O)NC(C)CCl)c1. The van der Waals surface area contributed by atoms with Gasteiger partial charge in [-0.25, -0.2) is 0 Å². The highest BCUT2D eigenvalue weighted by Gasteiger charge is 2.08. The first-order chi connectivity index (χ1) is 6.63. The molecule has 1 N–H and O–H groups in total. The van der Waals surface area contributed by atoms with E-state index in [0.717, 1.165) is 5.56 Å². The third-order valence-electron chi connectivity index (χ3n) is 1.89. The summed E-state index contributed by atoms with van der Waals surface area (Å²) >= 11 is 5.60. The maximum Gasteiger partial charge on any atom is 0.251 e. The van der Waals surface area contributed by atoms with Gasteiger partial charge < -0.3 is 5.32 Å². The highest BCUT2D eigenvalue weighted by Crippen LogP contribution is 2.04. The number of carbonyl (C=O) groups excluding carboxylic acids is 1. The van der Waals surface area contributed by atoms with Gasteiger partial charge >= 0.3 is 0 Å². The first-order valence-electron chi connectivity index (χ1n) is 4.57. The molecule has 0 aliphatic carbocycles. The molecule has 0 aromatic heterocycles. The minimum atomic E-state index is -0.0677. The van der Waals surface area contributed by atoms with Crippen LogP contribution in [0.15, 0.2) is 24.3 Å². The molecular weight excluding hydrogens is 198 g/mol. The Bertz CT molecular complexity index is 325. The molecule has 76 valence electrons. The van der Waals surface area contributed by atoms with E-state index >= 15 is 0 Å². The molecule has 0 radical (unpaired) electrons. The summed E-state index contributed by atoms with van der Waals surface area (Å²) in [6.07, 6.45) is 0. The van der Waals surface area contributed by atoms with Crippen molar-refractivity contribution in [3.05, 3.63) is 35.4 Å². The van der Waals surface area contributed by atoms with E-state index in [9.17, 15) is 4.79 Å². The van der Waals surface area contributed by atoms with Crippen LogP contribution in [-0.2, 0) is 0 Å². The molecule has 3 heteroatoms. The lowest BCUT2D eigenvalue weighted by molar-refractivity contribution is 0.0943. The average molecular weight is 212 g/mol. The van der Waals surface area contributed by atoms with Crippen molar-refractivity contribution >= 4 is 17.5 Å². The molecule has 1 amide bonds. The molecule has 0 saturated carbocycles. The molecule has 1 aromatic carbocycles. The maximum absolute atomic E-state index is 11.6. The Hall–Kier alpha value is -1.02. The van der Waals surface area contributed by atoms with Crippen LogP contribution in [-0.4, -0.2) is 17.8 Å². The standard InChI is InChI=1S/C11H14ClNO/c1-8-4-3-5-10(6-8)11(14)13-9(2)7-12/h3-6,9H,7H2,1-2H3,(H,13,14). The number of nitrogens with one attached hydrogen (secondary N) is 1. The predicted molar refractivity (Wildman–Crippen MR) is 58.8 cm³/mol. The maximum atomic E-state index is 11.6. The molecule has 0 heterocycles. The quantitative estimate of drug-likeness (QED) is 0.765.